The molecule has 4 rings (SSSR count). The van der Waals surface area contributed by atoms with Crippen LogP contribution in [0.15, 0.2) is 42.5 Å². The van der Waals surface area contributed by atoms with E-state index in [1.807, 2.05) is 23.1 Å². The third-order valence-electron chi connectivity index (χ3n) is 5.37. The number of hydrogen-bond acceptors (Lipinski definition) is 2. The van der Waals surface area contributed by atoms with Gasteiger partial charge < -0.3 is 10.2 Å². The zero-order valence-electron chi connectivity index (χ0n) is 15.4. The van der Waals surface area contributed by atoms with Crippen molar-refractivity contribution >= 4 is 23.2 Å². The van der Waals surface area contributed by atoms with Crippen molar-refractivity contribution in [2.45, 2.75) is 32.6 Å². The standard InChI is InChI=1S/C22H23FN2O2/c1-14(12-16-4-2-3-5-19(16)23)21(26)24-18-8-9-20-17(13-18)10-11-25(20)22(27)15-6-7-15/h2-5,8-9,13-15H,6-7,10-12H2,1H3,(H,24,26). The number of benzene rings is 2. The predicted octanol–water partition coefficient (Wildman–Crippen LogP) is 3.94. The summed E-state index contributed by atoms with van der Waals surface area (Å²) in [6.45, 7) is 2.51. The van der Waals surface area contributed by atoms with Gasteiger partial charge in [0, 0.05) is 29.8 Å². The van der Waals surface area contributed by atoms with Crippen LogP contribution in [0.1, 0.15) is 30.9 Å². The molecule has 2 amide bonds. The van der Waals surface area contributed by atoms with Crippen LogP contribution in [0, 0.1) is 17.7 Å². The summed E-state index contributed by atoms with van der Waals surface area (Å²) in [5.41, 5.74) is 3.32. The zero-order chi connectivity index (χ0) is 19.0. The van der Waals surface area contributed by atoms with Crippen molar-refractivity contribution in [3.63, 3.8) is 0 Å². The summed E-state index contributed by atoms with van der Waals surface area (Å²) < 4.78 is 13.8. The lowest BCUT2D eigenvalue weighted by atomic mass is 9.99. The van der Waals surface area contributed by atoms with Crippen LogP contribution in [-0.4, -0.2) is 18.4 Å². The van der Waals surface area contributed by atoms with Crippen molar-refractivity contribution in [2.75, 3.05) is 16.8 Å². The topological polar surface area (TPSA) is 49.4 Å². The molecular weight excluding hydrogens is 343 g/mol. The molecule has 2 aromatic carbocycles. The van der Waals surface area contributed by atoms with Crippen LogP contribution in [0.5, 0.6) is 0 Å². The minimum absolute atomic E-state index is 0.137. The summed E-state index contributed by atoms with van der Waals surface area (Å²) in [5, 5.41) is 2.93. The van der Waals surface area contributed by atoms with E-state index in [0.717, 1.165) is 36.2 Å². The maximum atomic E-state index is 13.8. The number of nitrogens with zero attached hydrogens (tertiary/aromatic N) is 1. The molecule has 27 heavy (non-hydrogen) atoms. The molecule has 1 atom stereocenters. The first-order valence-electron chi connectivity index (χ1n) is 9.51. The van der Waals surface area contributed by atoms with E-state index >= 15 is 0 Å². The predicted molar refractivity (Wildman–Crippen MR) is 103 cm³/mol. The normalized spacial score (nSPS) is 16.7. The molecule has 5 heteroatoms. The highest BCUT2D eigenvalue weighted by Crippen LogP contribution is 2.37. The lowest BCUT2D eigenvalue weighted by molar-refractivity contribution is -0.120. The van der Waals surface area contributed by atoms with E-state index in [0.29, 0.717) is 18.5 Å². The first kappa shape index (κ1) is 17.7. The van der Waals surface area contributed by atoms with E-state index in [4.69, 9.17) is 0 Å². The first-order chi connectivity index (χ1) is 13.0. The van der Waals surface area contributed by atoms with Crippen molar-refractivity contribution in [1.82, 2.24) is 0 Å². The number of anilines is 2. The Morgan fingerprint density at radius 3 is 2.74 bits per heavy atom. The Hall–Kier alpha value is -2.69. The van der Waals surface area contributed by atoms with Crippen molar-refractivity contribution < 1.29 is 14.0 Å². The first-order valence-corrected chi connectivity index (χ1v) is 9.51. The van der Waals surface area contributed by atoms with E-state index in [1.165, 1.54) is 6.07 Å². The van der Waals surface area contributed by atoms with Crippen LogP contribution in [-0.2, 0) is 22.4 Å². The Morgan fingerprint density at radius 2 is 2.00 bits per heavy atom. The second-order valence-electron chi connectivity index (χ2n) is 7.54. The molecule has 1 aliphatic carbocycles. The molecule has 2 aliphatic rings. The second-order valence-corrected chi connectivity index (χ2v) is 7.54. The number of hydrogen-bond donors (Lipinski definition) is 1. The molecule has 1 aliphatic heterocycles. The number of amides is 2. The Bertz CT molecular complexity index is 892. The minimum Gasteiger partial charge on any atom is -0.326 e. The summed E-state index contributed by atoms with van der Waals surface area (Å²) in [4.78, 5) is 26.7. The Kier molecular flexibility index (Phi) is 4.68. The number of carbonyl (C=O) groups is 2. The smallest absolute Gasteiger partial charge is 0.230 e. The summed E-state index contributed by atoms with van der Waals surface area (Å²) in [7, 11) is 0. The zero-order valence-corrected chi connectivity index (χ0v) is 15.4. The van der Waals surface area contributed by atoms with Gasteiger partial charge in [-0.2, -0.15) is 0 Å². The van der Waals surface area contributed by atoms with Crippen LogP contribution >= 0.6 is 0 Å². The molecule has 1 unspecified atom stereocenters. The van der Waals surface area contributed by atoms with E-state index in [2.05, 4.69) is 5.32 Å². The number of nitrogens with one attached hydrogen (secondary N) is 1. The molecule has 1 N–H and O–H groups in total. The SMILES string of the molecule is CC(Cc1ccccc1F)C(=O)Nc1ccc2c(c1)CCN2C(=O)C1CC1. The van der Waals surface area contributed by atoms with Gasteiger partial charge in [-0.3, -0.25) is 9.59 Å². The molecule has 0 radical (unpaired) electrons. The molecule has 0 spiro atoms. The molecule has 0 saturated heterocycles. The molecule has 1 saturated carbocycles. The Balaban J connectivity index is 1.42. The molecule has 2 aromatic rings. The molecule has 1 fully saturated rings. The quantitative estimate of drug-likeness (QED) is 0.871. The van der Waals surface area contributed by atoms with Crippen molar-refractivity contribution in [3.8, 4) is 0 Å². The third kappa shape index (κ3) is 3.72. The van der Waals surface area contributed by atoms with Crippen LogP contribution in [0.3, 0.4) is 0 Å². The Labute approximate surface area is 158 Å². The molecule has 1 heterocycles. The summed E-state index contributed by atoms with van der Waals surface area (Å²) >= 11 is 0. The van der Waals surface area contributed by atoms with E-state index in [9.17, 15) is 14.0 Å². The van der Waals surface area contributed by atoms with Gasteiger partial charge in [0.05, 0.1) is 0 Å². The highest BCUT2D eigenvalue weighted by Gasteiger charge is 2.36. The molecule has 0 aromatic heterocycles. The van der Waals surface area contributed by atoms with Gasteiger partial charge in [-0.1, -0.05) is 25.1 Å². The van der Waals surface area contributed by atoms with Crippen molar-refractivity contribution in [3.05, 3.63) is 59.4 Å². The van der Waals surface area contributed by atoms with Crippen LogP contribution in [0.25, 0.3) is 0 Å². The molecule has 4 nitrogen and oxygen atoms in total. The summed E-state index contributed by atoms with van der Waals surface area (Å²) in [6, 6.07) is 12.2. The van der Waals surface area contributed by atoms with Crippen LogP contribution in [0.2, 0.25) is 0 Å². The van der Waals surface area contributed by atoms with Crippen LogP contribution < -0.4 is 10.2 Å². The van der Waals surface area contributed by atoms with E-state index in [-0.39, 0.29) is 29.5 Å². The molecule has 0 bridgehead atoms. The highest BCUT2D eigenvalue weighted by atomic mass is 19.1. The monoisotopic (exact) mass is 366 g/mol. The molecule has 140 valence electrons. The van der Waals surface area contributed by atoms with Gasteiger partial charge in [-0.15, -0.1) is 0 Å². The van der Waals surface area contributed by atoms with E-state index < -0.39 is 0 Å². The Morgan fingerprint density at radius 1 is 1.22 bits per heavy atom. The van der Waals surface area contributed by atoms with Gasteiger partial charge in [0.1, 0.15) is 5.82 Å². The van der Waals surface area contributed by atoms with Gasteiger partial charge in [0.25, 0.3) is 0 Å². The second kappa shape index (κ2) is 7.14. The van der Waals surface area contributed by atoms with Gasteiger partial charge in [-0.25, -0.2) is 4.39 Å². The fourth-order valence-electron chi connectivity index (χ4n) is 3.61. The van der Waals surface area contributed by atoms with Gasteiger partial charge in [-0.05, 0) is 61.1 Å². The fourth-order valence-corrected chi connectivity index (χ4v) is 3.61. The van der Waals surface area contributed by atoms with Gasteiger partial charge in [0.2, 0.25) is 11.8 Å². The summed E-state index contributed by atoms with van der Waals surface area (Å²) in [5.74, 6) is -0.334. The summed E-state index contributed by atoms with van der Waals surface area (Å²) in [6.07, 6.45) is 3.16. The largest absolute Gasteiger partial charge is 0.326 e. The highest BCUT2D eigenvalue weighted by molar-refractivity contribution is 5.99. The van der Waals surface area contributed by atoms with Crippen molar-refractivity contribution in [1.29, 1.82) is 0 Å². The number of fused-ring (bicyclic) bond motifs is 1. The fraction of sp³-hybridized carbons (Fsp3) is 0.364. The van der Waals surface area contributed by atoms with E-state index in [1.54, 1.807) is 25.1 Å². The maximum absolute atomic E-state index is 13.8. The van der Waals surface area contributed by atoms with Crippen LogP contribution in [0.4, 0.5) is 15.8 Å². The van der Waals surface area contributed by atoms with Crippen molar-refractivity contribution in [2.24, 2.45) is 11.8 Å². The van der Waals surface area contributed by atoms with Gasteiger partial charge >= 0.3 is 0 Å². The average Bonchev–Trinajstić information content (AvgIpc) is 3.42. The number of carbonyl (C=O) groups excluding carboxylic acids is 2. The lowest BCUT2D eigenvalue weighted by Gasteiger charge is -2.18. The lowest BCUT2D eigenvalue weighted by Crippen LogP contribution is -2.30. The number of rotatable bonds is 5. The number of halogens is 1. The molecular formula is C22H23FN2O2. The average molecular weight is 366 g/mol. The minimum atomic E-state index is -0.344. The maximum Gasteiger partial charge on any atom is 0.230 e. The van der Waals surface area contributed by atoms with Gasteiger partial charge in [0.15, 0.2) is 0 Å². The third-order valence-corrected chi connectivity index (χ3v) is 5.37.